The summed E-state index contributed by atoms with van der Waals surface area (Å²) in [6.45, 7) is 4.33. The summed E-state index contributed by atoms with van der Waals surface area (Å²) >= 11 is 7.51. The Morgan fingerprint density at radius 3 is 1.21 bits per heavy atom. The van der Waals surface area contributed by atoms with Gasteiger partial charge in [0.25, 0.3) is 0 Å². The van der Waals surface area contributed by atoms with Crippen molar-refractivity contribution < 1.29 is 0 Å². The van der Waals surface area contributed by atoms with Gasteiger partial charge in [0.2, 0.25) is 0 Å². The van der Waals surface area contributed by atoms with E-state index in [1.165, 1.54) is 30.7 Å². The highest BCUT2D eigenvalue weighted by Crippen LogP contribution is 2.73. The predicted octanol–water partition coefficient (Wildman–Crippen LogP) is 9.17. The molecule has 3 heteroatoms. The first-order chi connectivity index (χ1) is 14.0. The minimum absolute atomic E-state index is 1.11. The molecule has 0 amide bonds. The maximum absolute atomic E-state index is 3.76. The first kappa shape index (κ1) is 20.5. The molecule has 0 saturated heterocycles. The Morgan fingerprint density at radius 2 is 0.862 bits per heavy atom. The van der Waals surface area contributed by atoms with Crippen LogP contribution >= 0.6 is 41.9 Å². The van der Waals surface area contributed by atoms with Gasteiger partial charge in [-0.15, -0.1) is 10.0 Å². The van der Waals surface area contributed by atoms with Gasteiger partial charge in [0, 0.05) is 28.5 Å². The van der Waals surface area contributed by atoms with Gasteiger partial charge < -0.3 is 0 Å². The Balaban J connectivity index is 2.20. The minimum atomic E-state index is -1.66. The second-order valence-electron chi connectivity index (χ2n) is 7.17. The van der Waals surface area contributed by atoms with Gasteiger partial charge in [-0.2, -0.15) is 0 Å². The smallest absolute Gasteiger partial charge is 0.0188 e. The van der Waals surface area contributed by atoms with E-state index in [1.807, 2.05) is 0 Å². The van der Waals surface area contributed by atoms with Crippen molar-refractivity contribution >= 4 is 41.9 Å². The summed E-state index contributed by atoms with van der Waals surface area (Å²) in [6.07, 6.45) is 0. The van der Waals surface area contributed by atoms with Crippen molar-refractivity contribution in [2.24, 2.45) is 0 Å². The maximum Gasteiger partial charge on any atom is 0.0188 e. The van der Waals surface area contributed by atoms with Crippen LogP contribution in [0, 0.1) is 13.8 Å². The van der Waals surface area contributed by atoms with Gasteiger partial charge in [0.05, 0.1) is 0 Å². The van der Waals surface area contributed by atoms with Gasteiger partial charge in [-0.1, -0.05) is 68.3 Å². The zero-order valence-corrected chi connectivity index (χ0v) is 20.4. The quantitative estimate of drug-likeness (QED) is 0.249. The lowest BCUT2D eigenvalue weighted by Gasteiger charge is -2.42. The highest BCUT2D eigenvalue weighted by molar-refractivity contribution is 9.10. The van der Waals surface area contributed by atoms with Crippen molar-refractivity contribution in [3.63, 3.8) is 0 Å². The molecule has 0 atom stereocenters. The normalized spacial score (nSPS) is 12.0. The van der Waals surface area contributed by atoms with E-state index < -0.39 is 10.0 Å². The summed E-state index contributed by atoms with van der Waals surface area (Å²) in [5.41, 5.74) is 2.51. The van der Waals surface area contributed by atoms with Gasteiger partial charge in [0.1, 0.15) is 0 Å². The maximum atomic E-state index is 3.76. The lowest BCUT2D eigenvalue weighted by atomic mass is 10.2. The van der Waals surface area contributed by atoms with Gasteiger partial charge in [-0.3, -0.25) is 0 Å². The van der Waals surface area contributed by atoms with Crippen LogP contribution < -0.4 is 0 Å². The Morgan fingerprint density at radius 1 is 0.483 bits per heavy atom. The number of hydrogen-bond acceptors (Lipinski definition) is 0. The molecule has 0 aromatic heterocycles. The fraction of sp³-hybridized carbons (Fsp3) is 0.0769. The Labute approximate surface area is 191 Å². The lowest BCUT2D eigenvalue weighted by Crippen LogP contribution is -2.06. The molecule has 146 valence electrons. The van der Waals surface area contributed by atoms with E-state index in [2.05, 4.69) is 143 Å². The summed E-state index contributed by atoms with van der Waals surface area (Å²) < 4.78 is 2.23. The van der Waals surface area contributed by atoms with Crippen LogP contribution in [0.4, 0.5) is 0 Å². The zero-order chi connectivity index (χ0) is 20.4. The fourth-order valence-electron chi connectivity index (χ4n) is 3.82. The molecule has 0 nitrogen and oxygen atoms in total. The summed E-state index contributed by atoms with van der Waals surface area (Å²) in [6, 6.07) is 35.5. The largest absolute Gasteiger partial charge is 0.133 e. The van der Waals surface area contributed by atoms with E-state index in [0.717, 1.165) is 8.95 Å². The number of benzene rings is 4. The molecule has 0 N–H and O–H groups in total. The number of rotatable bonds is 4. The molecule has 0 bridgehead atoms. The van der Waals surface area contributed by atoms with Crippen molar-refractivity contribution in [3.8, 4) is 0 Å². The van der Waals surface area contributed by atoms with E-state index in [-0.39, 0.29) is 0 Å². The van der Waals surface area contributed by atoms with Crippen molar-refractivity contribution in [2.45, 2.75) is 33.4 Å². The van der Waals surface area contributed by atoms with Crippen molar-refractivity contribution in [1.29, 1.82) is 0 Å². The second kappa shape index (κ2) is 8.51. The van der Waals surface area contributed by atoms with Crippen molar-refractivity contribution in [3.05, 3.63) is 117 Å². The van der Waals surface area contributed by atoms with Crippen molar-refractivity contribution in [2.75, 3.05) is 0 Å². The van der Waals surface area contributed by atoms with Crippen LogP contribution in [0.1, 0.15) is 11.1 Å². The summed E-state index contributed by atoms with van der Waals surface area (Å²) in [4.78, 5) is 5.33. The molecule has 0 spiro atoms. The molecule has 0 aliphatic carbocycles. The van der Waals surface area contributed by atoms with Crippen LogP contribution in [-0.2, 0) is 0 Å². The molecule has 0 aliphatic rings. The van der Waals surface area contributed by atoms with Crippen LogP contribution in [0.15, 0.2) is 126 Å². The molecule has 0 unspecified atom stereocenters. The SMILES string of the molecule is Cc1cc(Br)cc(S(c2ccccc2)(c2ccccc2)c2cc(C)cc(Br)c2)c1. The number of halogens is 2. The fourth-order valence-corrected chi connectivity index (χ4v) is 9.44. The van der Waals surface area contributed by atoms with Crippen LogP contribution in [-0.4, -0.2) is 0 Å². The molecule has 4 aromatic rings. The third kappa shape index (κ3) is 3.96. The van der Waals surface area contributed by atoms with E-state index in [0.29, 0.717) is 0 Å². The van der Waals surface area contributed by atoms with Gasteiger partial charge >= 0.3 is 0 Å². The van der Waals surface area contributed by atoms with Crippen LogP contribution in [0.2, 0.25) is 0 Å². The molecule has 0 fully saturated rings. The Hall–Kier alpha value is -1.81. The van der Waals surface area contributed by atoms with Gasteiger partial charge in [-0.05, 0) is 85.6 Å². The average molecular weight is 526 g/mol. The van der Waals surface area contributed by atoms with E-state index in [9.17, 15) is 0 Å². The number of aryl methyl sites for hydroxylation is 2. The molecular weight excluding hydrogens is 504 g/mol. The molecule has 0 radical (unpaired) electrons. The topological polar surface area (TPSA) is 0 Å². The highest BCUT2D eigenvalue weighted by atomic mass is 79.9. The Bertz CT molecular complexity index is 1000. The summed E-state index contributed by atoms with van der Waals surface area (Å²) in [5, 5.41) is 0. The minimum Gasteiger partial charge on any atom is -0.133 e. The molecule has 4 rings (SSSR count). The van der Waals surface area contributed by atoms with Crippen molar-refractivity contribution in [1.82, 2.24) is 0 Å². The second-order valence-corrected chi connectivity index (χ2v) is 12.1. The third-order valence-corrected chi connectivity index (χ3v) is 9.69. The standard InChI is InChI=1S/C26H22Br2S/c1-19-13-21(27)17-25(15-19)29(23-9-5-3-6-10-23,24-11-7-4-8-12-24)26-16-20(2)14-22(28)18-26/h3-18H,1-2H3. The van der Waals surface area contributed by atoms with E-state index in [1.54, 1.807) is 0 Å². The molecular formula is C26H22Br2S. The van der Waals surface area contributed by atoms with Crippen LogP contribution in [0.5, 0.6) is 0 Å². The molecule has 4 aromatic carbocycles. The lowest BCUT2D eigenvalue weighted by molar-refractivity contribution is 1.21. The predicted molar refractivity (Wildman–Crippen MR) is 131 cm³/mol. The molecule has 0 heterocycles. The first-order valence-corrected chi connectivity index (χ1v) is 12.7. The van der Waals surface area contributed by atoms with Gasteiger partial charge in [-0.25, -0.2) is 0 Å². The zero-order valence-electron chi connectivity index (χ0n) is 16.4. The van der Waals surface area contributed by atoms with Crippen LogP contribution in [0.3, 0.4) is 0 Å². The third-order valence-electron chi connectivity index (χ3n) is 4.93. The van der Waals surface area contributed by atoms with E-state index in [4.69, 9.17) is 0 Å². The monoisotopic (exact) mass is 524 g/mol. The van der Waals surface area contributed by atoms with Gasteiger partial charge in [0.15, 0.2) is 0 Å². The molecule has 0 aliphatic heterocycles. The first-order valence-electron chi connectivity index (χ1n) is 9.48. The summed E-state index contributed by atoms with van der Waals surface area (Å²) in [7, 11) is -1.66. The summed E-state index contributed by atoms with van der Waals surface area (Å²) in [5.74, 6) is 0. The van der Waals surface area contributed by atoms with E-state index >= 15 is 0 Å². The number of hydrogen-bond donors (Lipinski definition) is 0. The molecule has 0 saturated carbocycles. The highest BCUT2D eigenvalue weighted by Gasteiger charge is 2.33. The average Bonchev–Trinajstić information content (AvgIpc) is 2.69. The Kier molecular flexibility index (Phi) is 6.00. The molecule has 29 heavy (non-hydrogen) atoms. The van der Waals surface area contributed by atoms with Crippen LogP contribution in [0.25, 0.3) is 0 Å².